The van der Waals surface area contributed by atoms with E-state index in [9.17, 15) is 4.79 Å². The molecule has 0 N–H and O–H groups in total. The van der Waals surface area contributed by atoms with Gasteiger partial charge in [0.2, 0.25) is 0 Å². The summed E-state index contributed by atoms with van der Waals surface area (Å²) >= 11 is 5.83. The number of halogens is 1. The Morgan fingerprint density at radius 1 is 1.11 bits per heavy atom. The lowest BCUT2D eigenvalue weighted by Crippen LogP contribution is -2.03. The molecular formula is C13H7ClN2O2. The molecule has 0 saturated heterocycles. The molecule has 0 atom stereocenters. The Morgan fingerprint density at radius 3 is 2.67 bits per heavy atom. The van der Waals surface area contributed by atoms with Crippen LogP contribution in [0.5, 0.6) is 0 Å². The van der Waals surface area contributed by atoms with Crippen molar-refractivity contribution in [2.45, 2.75) is 0 Å². The largest absolute Gasteiger partial charge is 0.368 e. The highest BCUT2D eigenvalue weighted by Gasteiger charge is 2.10. The van der Waals surface area contributed by atoms with Gasteiger partial charge in [0.1, 0.15) is 11.2 Å². The molecule has 0 unspecified atom stereocenters. The van der Waals surface area contributed by atoms with Gasteiger partial charge < -0.3 is 4.52 Å². The molecule has 3 rings (SSSR count). The van der Waals surface area contributed by atoms with Crippen molar-refractivity contribution in [1.82, 2.24) is 10.1 Å². The first kappa shape index (κ1) is 10.9. The second-order valence-electron chi connectivity index (χ2n) is 3.73. The highest BCUT2D eigenvalue weighted by atomic mass is 35.5. The molecule has 0 fully saturated rings. The van der Waals surface area contributed by atoms with Gasteiger partial charge in [0.15, 0.2) is 0 Å². The molecule has 3 aromatic rings. The molecule has 0 bridgehead atoms. The molecule has 0 saturated carbocycles. The van der Waals surface area contributed by atoms with Crippen molar-refractivity contribution in [2.75, 3.05) is 0 Å². The average molecular weight is 259 g/mol. The number of benzene rings is 1. The van der Waals surface area contributed by atoms with Gasteiger partial charge in [-0.05, 0) is 24.3 Å². The molecule has 18 heavy (non-hydrogen) atoms. The van der Waals surface area contributed by atoms with Crippen LogP contribution in [0, 0.1) is 0 Å². The van der Waals surface area contributed by atoms with Gasteiger partial charge in [-0.25, -0.2) is 4.79 Å². The Balaban J connectivity index is 2.33. The van der Waals surface area contributed by atoms with Crippen molar-refractivity contribution < 1.29 is 4.52 Å². The topological polar surface area (TPSA) is 56.0 Å². The van der Waals surface area contributed by atoms with E-state index in [0.717, 1.165) is 5.56 Å². The van der Waals surface area contributed by atoms with Gasteiger partial charge >= 0.3 is 5.63 Å². The van der Waals surface area contributed by atoms with Crippen molar-refractivity contribution in [3.05, 3.63) is 58.0 Å². The van der Waals surface area contributed by atoms with Crippen molar-refractivity contribution in [2.24, 2.45) is 0 Å². The summed E-state index contributed by atoms with van der Waals surface area (Å²) in [6.45, 7) is 0. The van der Waals surface area contributed by atoms with E-state index < -0.39 is 5.63 Å². The molecule has 0 aliphatic heterocycles. The van der Waals surface area contributed by atoms with E-state index in [0.29, 0.717) is 21.6 Å². The molecule has 2 aromatic heterocycles. The Labute approximate surface area is 107 Å². The number of hydrogen-bond acceptors (Lipinski definition) is 4. The van der Waals surface area contributed by atoms with Gasteiger partial charge in [-0.1, -0.05) is 28.9 Å². The number of hydrogen-bond donors (Lipinski definition) is 0. The quantitative estimate of drug-likeness (QED) is 0.673. The predicted molar refractivity (Wildman–Crippen MR) is 68.5 cm³/mol. The van der Waals surface area contributed by atoms with Crippen molar-refractivity contribution in [3.8, 4) is 11.3 Å². The number of pyridine rings is 1. The van der Waals surface area contributed by atoms with Gasteiger partial charge in [-0.2, -0.15) is 0 Å². The van der Waals surface area contributed by atoms with E-state index in [1.54, 1.807) is 42.6 Å². The maximum absolute atomic E-state index is 11.5. The molecule has 0 aliphatic rings. The zero-order chi connectivity index (χ0) is 12.5. The van der Waals surface area contributed by atoms with E-state index in [-0.39, 0.29) is 0 Å². The fourth-order valence-electron chi connectivity index (χ4n) is 1.74. The normalized spacial score (nSPS) is 10.7. The van der Waals surface area contributed by atoms with E-state index >= 15 is 0 Å². The van der Waals surface area contributed by atoms with E-state index in [4.69, 9.17) is 16.1 Å². The third kappa shape index (κ3) is 1.76. The van der Waals surface area contributed by atoms with Gasteiger partial charge in [0.05, 0.1) is 5.39 Å². The number of rotatable bonds is 1. The fourth-order valence-corrected chi connectivity index (χ4v) is 1.86. The molecule has 2 heterocycles. The minimum absolute atomic E-state index is 0.414. The molecule has 0 spiro atoms. The van der Waals surface area contributed by atoms with Crippen LogP contribution < -0.4 is 5.63 Å². The Bertz CT molecular complexity index is 766. The summed E-state index contributed by atoms with van der Waals surface area (Å²) in [6, 6.07) is 10.5. The van der Waals surface area contributed by atoms with Crippen molar-refractivity contribution >= 4 is 22.5 Å². The number of fused-ring (bicyclic) bond motifs is 1. The molecule has 0 amide bonds. The van der Waals surface area contributed by atoms with Crippen LogP contribution in [0.25, 0.3) is 22.2 Å². The lowest BCUT2D eigenvalue weighted by atomic mass is 10.1. The van der Waals surface area contributed by atoms with Gasteiger partial charge in [0, 0.05) is 16.8 Å². The van der Waals surface area contributed by atoms with Crippen LogP contribution in [0.2, 0.25) is 5.02 Å². The van der Waals surface area contributed by atoms with Gasteiger partial charge in [-0.15, -0.1) is 0 Å². The second kappa shape index (κ2) is 4.23. The Hall–Kier alpha value is -2.20. The van der Waals surface area contributed by atoms with E-state index in [2.05, 4.69) is 10.1 Å². The molecule has 0 aliphatic carbocycles. The number of nitrogens with zero attached hydrogens (tertiary/aromatic N) is 2. The summed E-state index contributed by atoms with van der Waals surface area (Å²) < 4.78 is 4.78. The fraction of sp³-hybridized carbons (Fsp3) is 0. The smallest absolute Gasteiger partial charge is 0.312 e. The summed E-state index contributed by atoms with van der Waals surface area (Å²) in [5.41, 5.74) is 1.36. The van der Waals surface area contributed by atoms with Gasteiger partial charge in [-0.3, -0.25) is 4.98 Å². The van der Waals surface area contributed by atoms with Crippen LogP contribution in [0.3, 0.4) is 0 Å². The van der Waals surface area contributed by atoms with Crippen LogP contribution in [0.4, 0.5) is 0 Å². The maximum Gasteiger partial charge on any atom is 0.368 e. The molecular weight excluding hydrogens is 252 g/mol. The summed E-state index contributed by atoms with van der Waals surface area (Å²) in [6.07, 6.45) is 1.61. The zero-order valence-electron chi connectivity index (χ0n) is 9.13. The van der Waals surface area contributed by atoms with Crippen molar-refractivity contribution in [1.29, 1.82) is 0 Å². The first-order valence-electron chi connectivity index (χ1n) is 5.26. The Morgan fingerprint density at radius 2 is 1.89 bits per heavy atom. The molecule has 88 valence electrons. The van der Waals surface area contributed by atoms with E-state index in [1.165, 1.54) is 0 Å². The van der Waals surface area contributed by atoms with Crippen LogP contribution >= 0.6 is 11.6 Å². The van der Waals surface area contributed by atoms with Crippen LogP contribution in [0.1, 0.15) is 0 Å². The van der Waals surface area contributed by atoms with Crippen LogP contribution in [-0.2, 0) is 0 Å². The summed E-state index contributed by atoms with van der Waals surface area (Å²) in [5.74, 6) is 0. The SMILES string of the molecule is O=c1onc(-c2ccc(Cl)cc2)c2ncccc12. The Kier molecular flexibility index (Phi) is 2.57. The van der Waals surface area contributed by atoms with Gasteiger partial charge in [0.25, 0.3) is 0 Å². The first-order chi connectivity index (χ1) is 8.75. The summed E-state index contributed by atoms with van der Waals surface area (Å²) in [7, 11) is 0. The molecule has 1 aromatic carbocycles. The lowest BCUT2D eigenvalue weighted by Gasteiger charge is -2.02. The molecule has 4 nitrogen and oxygen atoms in total. The molecule has 0 radical (unpaired) electrons. The first-order valence-corrected chi connectivity index (χ1v) is 5.64. The summed E-state index contributed by atoms with van der Waals surface area (Å²) in [5, 5.41) is 4.86. The van der Waals surface area contributed by atoms with Crippen LogP contribution in [0.15, 0.2) is 51.9 Å². The second-order valence-corrected chi connectivity index (χ2v) is 4.16. The van der Waals surface area contributed by atoms with Crippen molar-refractivity contribution in [3.63, 3.8) is 0 Å². The third-order valence-electron chi connectivity index (χ3n) is 2.59. The van der Waals surface area contributed by atoms with E-state index in [1.807, 2.05) is 0 Å². The monoisotopic (exact) mass is 258 g/mol. The predicted octanol–water partition coefficient (Wildman–Crippen LogP) is 2.90. The third-order valence-corrected chi connectivity index (χ3v) is 2.84. The highest BCUT2D eigenvalue weighted by Crippen LogP contribution is 2.24. The average Bonchev–Trinajstić information content (AvgIpc) is 2.41. The maximum atomic E-state index is 11.5. The number of aromatic nitrogens is 2. The minimum Gasteiger partial charge on any atom is -0.312 e. The van der Waals surface area contributed by atoms with Crippen LogP contribution in [-0.4, -0.2) is 10.1 Å². The highest BCUT2D eigenvalue weighted by molar-refractivity contribution is 6.30. The zero-order valence-corrected chi connectivity index (χ0v) is 9.89. The minimum atomic E-state index is -0.490. The lowest BCUT2D eigenvalue weighted by molar-refractivity contribution is 0.380. The standard InChI is InChI=1S/C13H7ClN2O2/c14-9-5-3-8(4-6-9)11-12-10(2-1-7-15-12)13(17)18-16-11/h1-7H. The summed E-state index contributed by atoms with van der Waals surface area (Å²) in [4.78, 5) is 15.7. The molecule has 5 heteroatoms.